The predicted molar refractivity (Wildman–Crippen MR) is 156 cm³/mol. The average Bonchev–Trinajstić information content (AvgIpc) is 3.42. The molecule has 0 aliphatic carbocycles. The Balaban J connectivity index is 1.75. The summed E-state index contributed by atoms with van der Waals surface area (Å²) in [5, 5.41) is 14.7. The minimum absolute atomic E-state index is 0.169. The normalized spacial score (nSPS) is 12.8. The Labute approximate surface area is 233 Å². The molecule has 1 unspecified atom stereocenters. The number of aromatic nitrogens is 5. The molecular weight excluding hydrogens is 508 g/mol. The maximum atomic E-state index is 13.8. The van der Waals surface area contributed by atoms with Gasteiger partial charge in [-0.2, -0.15) is 0 Å². The number of benzene rings is 3. The number of aryl methyl sites for hydroxylation is 1. The molecule has 0 radical (unpaired) electrons. The molecule has 0 saturated carbocycles. The van der Waals surface area contributed by atoms with Gasteiger partial charge in [0.2, 0.25) is 0 Å². The van der Waals surface area contributed by atoms with Crippen molar-refractivity contribution in [3.63, 3.8) is 0 Å². The molecule has 0 aliphatic rings. The highest BCUT2D eigenvalue weighted by molar-refractivity contribution is 6.31. The summed E-state index contributed by atoms with van der Waals surface area (Å²) in [6.45, 7) is 9.41. The molecule has 200 valence electrons. The van der Waals surface area contributed by atoms with E-state index in [0.717, 1.165) is 34.0 Å². The van der Waals surface area contributed by atoms with Crippen LogP contribution in [0.3, 0.4) is 0 Å². The van der Waals surface area contributed by atoms with Gasteiger partial charge in [0.25, 0.3) is 5.56 Å². The van der Waals surface area contributed by atoms with Crippen molar-refractivity contribution in [3.05, 3.63) is 122 Å². The monoisotopic (exact) mass is 540 g/mol. The highest BCUT2D eigenvalue weighted by Crippen LogP contribution is 2.33. The number of halogens is 1. The van der Waals surface area contributed by atoms with Crippen LogP contribution in [0.15, 0.2) is 83.7 Å². The van der Waals surface area contributed by atoms with Crippen molar-refractivity contribution >= 4 is 22.5 Å². The summed E-state index contributed by atoms with van der Waals surface area (Å²) in [4.78, 5) is 19.1. The fourth-order valence-electron chi connectivity index (χ4n) is 4.89. The van der Waals surface area contributed by atoms with Gasteiger partial charge in [0.15, 0.2) is 5.82 Å². The molecule has 0 bridgehead atoms. The zero-order chi connectivity index (χ0) is 27.6. The van der Waals surface area contributed by atoms with Crippen LogP contribution in [-0.2, 0) is 18.6 Å². The third kappa shape index (κ3) is 5.65. The summed E-state index contributed by atoms with van der Waals surface area (Å²) in [6, 6.07) is 25.5. The van der Waals surface area contributed by atoms with Crippen molar-refractivity contribution in [2.45, 2.75) is 58.8 Å². The Morgan fingerprint density at radius 1 is 1.00 bits per heavy atom. The summed E-state index contributed by atoms with van der Waals surface area (Å²) in [5.74, 6) is 0.613. The third-order valence-corrected chi connectivity index (χ3v) is 7.79. The minimum Gasteiger partial charge on any atom is -0.322 e. The van der Waals surface area contributed by atoms with Gasteiger partial charge in [-0.15, -0.1) is 5.10 Å². The second-order valence-corrected chi connectivity index (χ2v) is 11.1. The van der Waals surface area contributed by atoms with E-state index in [9.17, 15) is 4.79 Å². The molecule has 0 spiro atoms. The first-order chi connectivity index (χ1) is 18.8. The van der Waals surface area contributed by atoms with Gasteiger partial charge in [-0.05, 0) is 78.4 Å². The van der Waals surface area contributed by atoms with Gasteiger partial charge in [-0.25, -0.2) is 4.68 Å². The van der Waals surface area contributed by atoms with Crippen LogP contribution >= 0.6 is 11.6 Å². The first-order valence-corrected chi connectivity index (χ1v) is 13.6. The van der Waals surface area contributed by atoms with Gasteiger partial charge in [0, 0.05) is 29.2 Å². The maximum Gasteiger partial charge on any atom is 0.253 e. The second-order valence-electron chi connectivity index (χ2n) is 10.6. The molecule has 39 heavy (non-hydrogen) atoms. The van der Waals surface area contributed by atoms with Crippen molar-refractivity contribution in [2.24, 2.45) is 0 Å². The fraction of sp³-hybridized carbons (Fsp3) is 0.290. The zero-order valence-corrected chi connectivity index (χ0v) is 23.5. The lowest BCUT2D eigenvalue weighted by Crippen LogP contribution is -2.38. The van der Waals surface area contributed by atoms with Crippen molar-refractivity contribution in [1.82, 2.24) is 30.1 Å². The lowest BCUT2D eigenvalue weighted by Gasteiger charge is -2.34. The van der Waals surface area contributed by atoms with E-state index in [0.29, 0.717) is 29.5 Å². The number of aromatic amines is 1. The minimum atomic E-state index is -0.545. The van der Waals surface area contributed by atoms with Crippen LogP contribution in [0.2, 0.25) is 5.02 Å². The van der Waals surface area contributed by atoms with Gasteiger partial charge >= 0.3 is 0 Å². The van der Waals surface area contributed by atoms with Crippen molar-refractivity contribution < 1.29 is 0 Å². The molecule has 2 heterocycles. The summed E-state index contributed by atoms with van der Waals surface area (Å²) >= 11 is 6.66. The Bertz CT molecular complexity index is 1640. The first kappa shape index (κ1) is 26.8. The molecule has 8 heteroatoms. The van der Waals surface area contributed by atoms with Gasteiger partial charge in [-0.3, -0.25) is 9.69 Å². The van der Waals surface area contributed by atoms with E-state index in [-0.39, 0.29) is 11.1 Å². The fourth-order valence-corrected chi connectivity index (χ4v) is 5.09. The smallest absolute Gasteiger partial charge is 0.253 e. The van der Waals surface area contributed by atoms with Crippen LogP contribution < -0.4 is 5.56 Å². The molecule has 0 amide bonds. The van der Waals surface area contributed by atoms with Crippen LogP contribution in [0.5, 0.6) is 0 Å². The van der Waals surface area contributed by atoms with Gasteiger partial charge < -0.3 is 4.98 Å². The van der Waals surface area contributed by atoms with E-state index < -0.39 is 6.04 Å². The lowest BCUT2D eigenvalue weighted by atomic mass is 9.98. The summed E-state index contributed by atoms with van der Waals surface area (Å²) in [7, 11) is 0. The van der Waals surface area contributed by atoms with E-state index >= 15 is 0 Å². The number of tetrazole rings is 1. The Hall–Kier alpha value is -3.81. The quantitative estimate of drug-likeness (QED) is 0.233. The van der Waals surface area contributed by atoms with E-state index in [1.54, 1.807) is 0 Å². The number of hydrogen-bond acceptors (Lipinski definition) is 5. The van der Waals surface area contributed by atoms with E-state index in [2.05, 4.69) is 64.4 Å². The first-order valence-electron chi connectivity index (χ1n) is 13.2. The number of pyridine rings is 1. The topological polar surface area (TPSA) is 79.7 Å². The number of hydrogen-bond donors (Lipinski definition) is 1. The van der Waals surface area contributed by atoms with E-state index in [1.807, 2.05) is 72.3 Å². The number of nitrogens with one attached hydrogen (secondary N) is 1. The number of rotatable bonds is 9. The lowest BCUT2D eigenvalue weighted by molar-refractivity contribution is 0.180. The Morgan fingerprint density at radius 3 is 2.49 bits per heavy atom. The van der Waals surface area contributed by atoms with E-state index in [4.69, 9.17) is 11.6 Å². The summed E-state index contributed by atoms with van der Waals surface area (Å²) < 4.78 is 1.86. The largest absolute Gasteiger partial charge is 0.322 e. The standard InChI is InChI=1S/C31H33ClN6O/c1-5-31(3,4)38-29(34-35-36-38)28(25-18-24-17-21(2)15-16-27(24)33-30(25)39)37(19-22-11-7-6-8-12-22)20-23-13-9-10-14-26(23)32/h6-18,28H,5,19-20H2,1-4H3,(H,33,39). The summed E-state index contributed by atoms with van der Waals surface area (Å²) in [6.07, 6.45) is 0.814. The number of nitrogens with zero attached hydrogens (tertiary/aromatic N) is 5. The highest BCUT2D eigenvalue weighted by Gasteiger charge is 2.34. The van der Waals surface area contributed by atoms with Crippen LogP contribution in [0.25, 0.3) is 10.9 Å². The molecule has 0 fully saturated rings. The SMILES string of the molecule is CCC(C)(C)n1nnnc1C(c1cc2cc(C)ccc2[nH]c1=O)N(Cc1ccccc1)Cc1ccccc1Cl. The molecule has 5 aromatic rings. The van der Waals surface area contributed by atoms with Gasteiger partial charge in [-0.1, -0.05) is 78.7 Å². The predicted octanol–water partition coefficient (Wildman–Crippen LogP) is 6.41. The molecule has 3 aromatic carbocycles. The second kappa shape index (κ2) is 11.1. The molecule has 1 N–H and O–H groups in total. The molecule has 1 atom stereocenters. The molecule has 0 aliphatic heterocycles. The number of fused-ring (bicyclic) bond motifs is 1. The van der Waals surface area contributed by atoms with Crippen molar-refractivity contribution in [1.29, 1.82) is 0 Å². The summed E-state index contributed by atoms with van der Waals surface area (Å²) in [5.41, 5.74) is 4.03. The highest BCUT2D eigenvalue weighted by atomic mass is 35.5. The third-order valence-electron chi connectivity index (χ3n) is 7.42. The molecule has 7 nitrogen and oxygen atoms in total. The Kier molecular flexibility index (Phi) is 7.64. The van der Waals surface area contributed by atoms with Crippen LogP contribution in [0, 0.1) is 6.92 Å². The number of H-pyrrole nitrogens is 1. The maximum absolute atomic E-state index is 13.8. The van der Waals surface area contributed by atoms with Crippen molar-refractivity contribution in [3.8, 4) is 0 Å². The zero-order valence-electron chi connectivity index (χ0n) is 22.7. The Morgan fingerprint density at radius 2 is 1.74 bits per heavy atom. The van der Waals surface area contributed by atoms with Crippen LogP contribution in [0.4, 0.5) is 0 Å². The molecular formula is C31H33ClN6O. The van der Waals surface area contributed by atoms with E-state index in [1.165, 1.54) is 0 Å². The molecule has 2 aromatic heterocycles. The van der Waals surface area contributed by atoms with Gasteiger partial charge in [0.1, 0.15) is 6.04 Å². The molecule has 5 rings (SSSR count). The van der Waals surface area contributed by atoms with Crippen LogP contribution in [0.1, 0.15) is 61.3 Å². The van der Waals surface area contributed by atoms with Gasteiger partial charge in [0.05, 0.1) is 5.54 Å². The van der Waals surface area contributed by atoms with Crippen molar-refractivity contribution in [2.75, 3.05) is 0 Å². The average molecular weight is 541 g/mol. The van der Waals surface area contributed by atoms with Crippen LogP contribution in [-0.4, -0.2) is 30.1 Å². The molecule has 0 saturated heterocycles.